The van der Waals surface area contributed by atoms with Gasteiger partial charge in [0.2, 0.25) is 0 Å². The number of thioether (sulfide) groups is 2. The molecule has 1 unspecified atom stereocenters. The Bertz CT molecular complexity index is 586. The molecule has 0 aliphatic carbocycles. The summed E-state index contributed by atoms with van der Waals surface area (Å²) < 4.78 is 11.2. The SMILES string of the molecule is CSCc1ccc(C(=O)N2CCOC(C(=O)N3CCSCC3)C2)o1. The average Bonchev–Trinajstić information content (AvgIpc) is 3.10. The van der Waals surface area contributed by atoms with Crippen LogP contribution in [0.3, 0.4) is 0 Å². The van der Waals surface area contributed by atoms with E-state index in [9.17, 15) is 9.59 Å². The van der Waals surface area contributed by atoms with Gasteiger partial charge in [-0.1, -0.05) is 0 Å². The summed E-state index contributed by atoms with van der Waals surface area (Å²) in [4.78, 5) is 28.7. The van der Waals surface area contributed by atoms with Gasteiger partial charge in [-0.15, -0.1) is 0 Å². The van der Waals surface area contributed by atoms with Gasteiger partial charge in [0, 0.05) is 31.1 Å². The summed E-state index contributed by atoms with van der Waals surface area (Å²) in [5.74, 6) is 3.62. The van der Waals surface area contributed by atoms with Crippen LogP contribution in [0.1, 0.15) is 16.3 Å². The van der Waals surface area contributed by atoms with Crippen molar-refractivity contribution in [2.45, 2.75) is 11.9 Å². The van der Waals surface area contributed by atoms with Crippen LogP contribution in [0.15, 0.2) is 16.5 Å². The number of hydrogen-bond donors (Lipinski definition) is 0. The number of carbonyl (C=O) groups is 2. The van der Waals surface area contributed by atoms with Gasteiger partial charge >= 0.3 is 0 Å². The van der Waals surface area contributed by atoms with Gasteiger partial charge in [-0.25, -0.2) is 0 Å². The number of amides is 2. The van der Waals surface area contributed by atoms with E-state index < -0.39 is 6.10 Å². The summed E-state index contributed by atoms with van der Waals surface area (Å²) in [7, 11) is 0. The van der Waals surface area contributed by atoms with E-state index in [0.717, 1.165) is 36.1 Å². The maximum atomic E-state index is 12.6. The van der Waals surface area contributed by atoms with E-state index in [1.54, 1.807) is 22.7 Å². The number of hydrogen-bond acceptors (Lipinski definition) is 6. The summed E-state index contributed by atoms with van der Waals surface area (Å²) >= 11 is 3.50. The number of rotatable bonds is 4. The van der Waals surface area contributed by atoms with E-state index in [0.29, 0.717) is 25.5 Å². The lowest BCUT2D eigenvalue weighted by Crippen LogP contribution is -2.53. The maximum absolute atomic E-state index is 12.6. The number of nitrogens with zero attached hydrogens (tertiary/aromatic N) is 2. The van der Waals surface area contributed by atoms with Crippen LogP contribution in [0.5, 0.6) is 0 Å². The van der Waals surface area contributed by atoms with Crippen molar-refractivity contribution in [3.05, 3.63) is 23.7 Å². The van der Waals surface area contributed by atoms with E-state index in [1.165, 1.54) is 0 Å². The summed E-state index contributed by atoms with van der Waals surface area (Å²) in [6, 6.07) is 3.54. The number of carbonyl (C=O) groups excluding carboxylic acids is 2. The molecule has 1 aromatic rings. The van der Waals surface area contributed by atoms with Crippen LogP contribution >= 0.6 is 23.5 Å². The lowest BCUT2D eigenvalue weighted by atomic mass is 10.2. The second-order valence-corrected chi connectivity index (χ2v) is 7.84. The molecule has 0 N–H and O–H groups in total. The van der Waals surface area contributed by atoms with E-state index in [-0.39, 0.29) is 11.8 Å². The van der Waals surface area contributed by atoms with Crippen LogP contribution in [-0.4, -0.2) is 78.3 Å². The van der Waals surface area contributed by atoms with Crippen LogP contribution in [0, 0.1) is 0 Å². The van der Waals surface area contributed by atoms with Crippen LogP contribution < -0.4 is 0 Å². The van der Waals surface area contributed by atoms with E-state index in [2.05, 4.69) is 0 Å². The molecule has 0 radical (unpaired) electrons. The topological polar surface area (TPSA) is 63.0 Å². The largest absolute Gasteiger partial charge is 0.455 e. The molecule has 0 bridgehead atoms. The van der Waals surface area contributed by atoms with Crippen molar-refractivity contribution in [2.75, 3.05) is 50.5 Å². The molecular formula is C16H22N2O4S2. The zero-order valence-corrected chi connectivity index (χ0v) is 15.4. The predicted octanol–water partition coefficient (Wildman–Crippen LogP) is 1.56. The Morgan fingerprint density at radius 2 is 2.04 bits per heavy atom. The minimum atomic E-state index is -0.563. The first-order valence-electron chi connectivity index (χ1n) is 8.04. The molecule has 2 amide bonds. The zero-order chi connectivity index (χ0) is 16.9. The van der Waals surface area contributed by atoms with Crippen molar-refractivity contribution in [2.24, 2.45) is 0 Å². The molecule has 1 atom stereocenters. The zero-order valence-electron chi connectivity index (χ0n) is 13.7. The fourth-order valence-electron chi connectivity index (χ4n) is 2.84. The minimum Gasteiger partial charge on any atom is -0.455 e. The minimum absolute atomic E-state index is 0.00434. The number of ether oxygens (including phenoxy) is 1. The normalized spacial score (nSPS) is 21.8. The highest BCUT2D eigenvalue weighted by atomic mass is 32.2. The lowest BCUT2D eigenvalue weighted by molar-refractivity contribution is -0.147. The van der Waals surface area contributed by atoms with E-state index in [1.807, 2.05) is 29.0 Å². The molecule has 0 saturated carbocycles. The molecule has 0 aromatic carbocycles. The van der Waals surface area contributed by atoms with Gasteiger partial charge in [0.05, 0.1) is 18.9 Å². The van der Waals surface area contributed by atoms with E-state index in [4.69, 9.17) is 9.15 Å². The van der Waals surface area contributed by atoms with Crippen LogP contribution in [0.2, 0.25) is 0 Å². The van der Waals surface area contributed by atoms with Gasteiger partial charge in [-0.3, -0.25) is 9.59 Å². The highest BCUT2D eigenvalue weighted by Crippen LogP contribution is 2.18. The van der Waals surface area contributed by atoms with Crippen molar-refractivity contribution in [1.82, 2.24) is 9.80 Å². The first kappa shape index (κ1) is 17.7. The molecule has 6 nitrogen and oxygen atoms in total. The molecule has 2 fully saturated rings. The third-order valence-corrected chi connectivity index (χ3v) is 5.63. The molecule has 1 aromatic heterocycles. The molecular weight excluding hydrogens is 348 g/mol. The Hall–Kier alpha value is -1.12. The molecule has 3 rings (SSSR count). The van der Waals surface area contributed by atoms with Crippen LogP contribution in [-0.2, 0) is 15.3 Å². The highest BCUT2D eigenvalue weighted by Gasteiger charge is 2.33. The average molecular weight is 370 g/mol. The predicted molar refractivity (Wildman–Crippen MR) is 95.5 cm³/mol. The first-order valence-corrected chi connectivity index (χ1v) is 10.6. The third kappa shape index (κ3) is 4.10. The van der Waals surface area contributed by atoms with E-state index >= 15 is 0 Å². The number of furan rings is 1. The molecule has 0 spiro atoms. The van der Waals surface area contributed by atoms with Crippen LogP contribution in [0.4, 0.5) is 0 Å². The molecule has 132 valence electrons. The quantitative estimate of drug-likeness (QED) is 0.802. The summed E-state index contributed by atoms with van der Waals surface area (Å²) in [6.45, 7) is 2.67. The number of morpholine rings is 1. The van der Waals surface area contributed by atoms with Gasteiger partial charge in [-0.2, -0.15) is 23.5 Å². The maximum Gasteiger partial charge on any atom is 0.289 e. The molecule has 2 aliphatic heterocycles. The highest BCUT2D eigenvalue weighted by molar-refractivity contribution is 7.99. The second-order valence-electron chi connectivity index (χ2n) is 5.75. The van der Waals surface area contributed by atoms with Crippen molar-refractivity contribution in [1.29, 1.82) is 0 Å². The van der Waals surface area contributed by atoms with Crippen molar-refractivity contribution in [3.63, 3.8) is 0 Å². The molecule has 8 heteroatoms. The third-order valence-electron chi connectivity index (χ3n) is 4.11. The smallest absolute Gasteiger partial charge is 0.289 e. The van der Waals surface area contributed by atoms with Gasteiger partial charge in [-0.05, 0) is 18.4 Å². The Morgan fingerprint density at radius 3 is 2.79 bits per heavy atom. The van der Waals surface area contributed by atoms with Gasteiger partial charge in [0.25, 0.3) is 11.8 Å². The summed E-state index contributed by atoms with van der Waals surface area (Å²) in [5, 5.41) is 0. The lowest BCUT2D eigenvalue weighted by Gasteiger charge is -2.35. The summed E-state index contributed by atoms with van der Waals surface area (Å²) in [6.07, 6.45) is 1.42. The Labute approximate surface area is 150 Å². The fraction of sp³-hybridized carbons (Fsp3) is 0.625. The molecule has 3 heterocycles. The Morgan fingerprint density at radius 1 is 1.25 bits per heavy atom. The standard InChI is InChI=1S/C16H22N2O4S2/c1-23-11-12-2-3-13(22-12)15(19)18-4-7-21-14(10-18)16(20)17-5-8-24-9-6-17/h2-3,14H,4-11H2,1H3. The van der Waals surface area contributed by atoms with Gasteiger partial charge < -0.3 is 19.0 Å². The van der Waals surface area contributed by atoms with Crippen molar-refractivity contribution < 1.29 is 18.7 Å². The van der Waals surface area contributed by atoms with Crippen molar-refractivity contribution in [3.8, 4) is 0 Å². The first-order chi connectivity index (χ1) is 11.7. The monoisotopic (exact) mass is 370 g/mol. The Kier molecular flexibility index (Phi) is 6.13. The second kappa shape index (κ2) is 8.31. The molecule has 2 saturated heterocycles. The van der Waals surface area contributed by atoms with Crippen LogP contribution in [0.25, 0.3) is 0 Å². The Balaban J connectivity index is 1.61. The van der Waals surface area contributed by atoms with Crippen molar-refractivity contribution >= 4 is 35.3 Å². The summed E-state index contributed by atoms with van der Waals surface area (Å²) in [5.41, 5.74) is 0. The van der Waals surface area contributed by atoms with Gasteiger partial charge in [0.15, 0.2) is 11.9 Å². The molecule has 2 aliphatic rings. The van der Waals surface area contributed by atoms with Gasteiger partial charge in [0.1, 0.15) is 5.76 Å². The fourth-order valence-corrected chi connectivity index (χ4v) is 4.18. The molecule has 24 heavy (non-hydrogen) atoms.